The summed E-state index contributed by atoms with van der Waals surface area (Å²) >= 11 is 0. The van der Waals surface area contributed by atoms with Crippen LogP contribution in [0.25, 0.3) is 0 Å². The molecule has 0 aromatic heterocycles. The first-order valence-electron chi connectivity index (χ1n) is 14.3. The van der Waals surface area contributed by atoms with Crippen LogP contribution in [-0.4, -0.2) is 11.2 Å². The molecule has 0 unspecified atom stereocenters. The van der Waals surface area contributed by atoms with Crippen LogP contribution in [0, 0.1) is 57.7 Å². The Labute approximate surface area is 194 Å². The van der Waals surface area contributed by atoms with Crippen LogP contribution < -0.4 is 0 Å². The van der Waals surface area contributed by atoms with Crippen molar-refractivity contribution in [2.75, 3.05) is 0 Å². The van der Waals surface area contributed by atoms with Crippen LogP contribution in [0.5, 0.6) is 0 Å². The molecule has 0 amide bonds. The highest BCUT2D eigenvalue weighted by Crippen LogP contribution is 2.75. The minimum Gasteiger partial charge on any atom is -0.393 e. The fraction of sp³-hybridized carbons (Fsp3) is 1.00. The molecule has 0 saturated heterocycles. The molecule has 4 aliphatic carbocycles. The molecule has 0 radical (unpaired) electrons. The molecule has 4 rings (SSSR count). The zero-order chi connectivity index (χ0) is 22.6. The lowest BCUT2D eigenvalue weighted by atomic mass is 9.37. The third-order valence-corrected chi connectivity index (χ3v) is 12.6. The summed E-state index contributed by atoms with van der Waals surface area (Å²) < 4.78 is 0. The van der Waals surface area contributed by atoms with E-state index in [1.807, 2.05) is 0 Å². The third kappa shape index (κ3) is 3.57. The maximum Gasteiger partial charge on any atom is 0.0568 e. The predicted molar refractivity (Wildman–Crippen MR) is 133 cm³/mol. The molecule has 0 heterocycles. The van der Waals surface area contributed by atoms with E-state index in [2.05, 4.69) is 48.5 Å². The Balaban J connectivity index is 1.58. The van der Waals surface area contributed by atoms with E-state index in [4.69, 9.17) is 0 Å². The summed E-state index contributed by atoms with van der Waals surface area (Å²) in [4.78, 5) is 0. The fourth-order valence-electron chi connectivity index (χ4n) is 10.5. The van der Waals surface area contributed by atoms with Gasteiger partial charge in [-0.3, -0.25) is 0 Å². The van der Waals surface area contributed by atoms with E-state index < -0.39 is 0 Å². The Morgan fingerprint density at radius 1 is 0.871 bits per heavy atom. The smallest absolute Gasteiger partial charge is 0.0568 e. The van der Waals surface area contributed by atoms with Gasteiger partial charge in [-0.1, -0.05) is 67.7 Å². The van der Waals surface area contributed by atoms with E-state index in [9.17, 15) is 5.11 Å². The first-order chi connectivity index (χ1) is 14.6. The highest BCUT2D eigenvalue weighted by Gasteiger charge is 2.68. The molecule has 0 aromatic rings. The molecule has 0 bridgehead atoms. The van der Waals surface area contributed by atoms with E-state index in [-0.39, 0.29) is 6.10 Å². The number of aliphatic hydroxyl groups excluding tert-OH is 1. The Hall–Kier alpha value is -0.0400. The van der Waals surface area contributed by atoms with Crippen molar-refractivity contribution in [1.82, 2.24) is 0 Å². The molecule has 4 saturated carbocycles. The third-order valence-electron chi connectivity index (χ3n) is 12.6. The highest BCUT2D eigenvalue weighted by atomic mass is 16.3. The van der Waals surface area contributed by atoms with E-state index in [0.717, 1.165) is 41.9 Å². The molecule has 4 fully saturated rings. The maximum absolute atomic E-state index is 10.6. The Bertz CT molecular complexity index is 626. The van der Waals surface area contributed by atoms with Gasteiger partial charge in [0, 0.05) is 0 Å². The lowest BCUT2D eigenvalue weighted by Crippen LogP contribution is -2.61. The summed E-state index contributed by atoms with van der Waals surface area (Å²) in [5.41, 5.74) is 1.63. The molecule has 10 atom stereocenters. The Morgan fingerprint density at radius 3 is 2.29 bits per heavy atom. The first-order valence-corrected chi connectivity index (χ1v) is 14.3. The molecule has 1 N–H and O–H groups in total. The Morgan fingerprint density at radius 2 is 1.61 bits per heavy atom. The summed E-state index contributed by atoms with van der Waals surface area (Å²) in [6.45, 7) is 17.7. The average molecular weight is 431 g/mol. The highest BCUT2D eigenvalue weighted by molar-refractivity contribution is 5.17. The van der Waals surface area contributed by atoms with Crippen molar-refractivity contribution in [3.05, 3.63) is 0 Å². The normalized spacial score (nSPS) is 50.6. The van der Waals surface area contributed by atoms with E-state index in [1.165, 1.54) is 70.6 Å². The molecule has 0 aliphatic heterocycles. The molecule has 4 aliphatic rings. The van der Waals surface area contributed by atoms with Crippen molar-refractivity contribution in [2.45, 2.75) is 132 Å². The zero-order valence-corrected chi connectivity index (χ0v) is 22.1. The molecule has 0 spiro atoms. The van der Waals surface area contributed by atoms with Gasteiger partial charge in [0.1, 0.15) is 0 Å². The van der Waals surface area contributed by atoms with Gasteiger partial charge in [0.2, 0.25) is 0 Å². The topological polar surface area (TPSA) is 20.2 Å². The Kier molecular flexibility index (Phi) is 6.71. The lowest BCUT2D eigenvalue weighted by Gasteiger charge is -2.68. The lowest BCUT2D eigenvalue weighted by molar-refractivity contribution is -0.196. The molecular formula is C30H54O. The van der Waals surface area contributed by atoms with Gasteiger partial charge >= 0.3 is 0 Å². The van der Waals surface area contributed by atoms with Gasteiger partial charge in [0.05, 0.1) is 6.10 Å². The monoisotopic (exact) mass is 430 g/mol. The van der Waals surface area contributed by atoms with Crippen LogP contribution in [-0.2, 0) is 0 Å². The quantitative estimate of drug-likeness (QED) is 0.448. The second-order valence-corrected chi connectivity index (χ2v) is 13.8. The summed E-state index contributed by atoms with van der Waals surface area (Å²) in [6.07, 6.45) is 16.7. The minimum absolute atomic E-state index is 0.0429. The van der Waals surface area contributed by atoms with Gasteiger partial charge in [-0.25, -0.2) is 0 Å². The van der Waals surface area contributed by atoms with Crippen LogP contribution in [0.4, 0.5) is 0 Å². The van der Waals surface area contributed by atoms with Gasteiger partial charge in [0.15, 0.2) is 0 Å². The summed E-state index contributed by atoms with van der Waals surface area (Å²) in [5, 5.41) is 10.6. The van der Waals surface area contributed by atoms with Crippen molar-refractivity contribution >= 4 is 0 Å². The molecule has 0 aromatic carbocycles. The van der Waals surface area contributed by atoms with Crippen LogP contribution >= 0.6 is 0 Å². The zero-order valence-electron chi connectivity index (χ0n) is 22.1. The van der Waals surface area contributed by atoms with Crippen molar-refractivity contribution in [1.29, 1.82) is 0 Å². The number of aliphatic hydroxyl groups is 1. The molecule has 31 heavy (non-hydrogen) atoms. The van der Waals surface area contributed by atoms with Crippen LogP contribution in [0.15, 0.2) is 0 Å². The molecule has 1 heteroatoms. The molecular weight excluding hydrogens is 376 g/mol. The van der Waals surface area contributed by atoms with Gasteiger partial charge in [-0.2, -0.15) is 0 Å². The number of fused-ring (bicyclic) bond motifs is 5. The summed E-state index contributed by atoms with van der Waals surface area (Å²) in [6, 6.07) is 0. The SMILES string of the molecule is CC[C@@]12CC[C@]3(C)[C@@H]([C@H](C)CCCC(C)C)CC[C@@]3(C)[C@@H]1CC[C@H]1[C@H](C)[C@@H](O)CC[C@@H]12. The van der Waals surface area contributed by atoms with Gasteiger partial charge in [-0.15, -0.1) is 0 Å². The number of hydrogen-bond donors (Lipinski definition) is 1. The first kappa shape index (κ1) is 24.1. The van der Waals surface area contributed by atoms with Crippen molar-refractivity contribution < 1.29 is 5.11 Å². The standard InChI is InChI=1S/C30H54O/c1-8-30-19-18-28(6)24(21(4)11-9-10-20(2)3)16-17-29(28,7)27(30)15-12-23-22(5)26(31)14-13-25(23)30/h20-27,31H,8-19H2,1-7H3/t21-,22+,23+,24-,25+,26+,27+,28-,29+,30+/m1/s1. The van der Waals surface area contributed by atoms with E-state index in [1.54, 1.807) is 0 Å². The van der Waals surface area contributed by atoms with Gasteiger partial charge in [-0.05, 0) is 115 Å². The van der Waals surface area contributed by atoms with Crippen LogP contribution in [0.3, 0.4) is 0 Å². The van der Waals surface area contributed by atoms with Crippen LogP contribution in [0.1, 0.15) is 126 Å². The van der Waals surface area contributed by atoms with E-state index in [0.29, 0.717) is 22.2 Å². The summed E-state index contributed by atoms with van der Waals surface area (Å²) in [5.74, 6) is 5.76. The second kappa shape index (κ2) is 8.63. The number of hydrogen-bond acceptors (Lipinski definition) is 1. The predicted octanol–water partition coefficient (Wildman–Crippen LogP) is 8.49. The summed E-state index contributed by atoms with van der Waals surface area (Å²) in [7, 11) is 0. The van der Waals surface area contributed by atoms with Crippen LogP contribution in [0.2, 0.25) is 0 Å². The van der Waals surface area contributed by atoms with Crippen molar-refractivity contribution in [3.63, 3.8) is 0 Å². The van der Waals surface area contributed by atoms with Gasteiger partial charge in [0.25, 0.3) is 0 Å². The maximum atomic E-state index is 10.6. The largest absolute Gasteiger partial charge is 0.393 e. The van der Waals surface area contributed by atoms with Crippen molar-refractivity contribution in [2.24, 2.45) is 57.7 Å². The van der Waals surface area contributed by atoms with Gasteiger partial charge < -0.3 is 5.11 Å². The number of rotatable bonds is 6. The molecule has 1 nitrogen and oxygen atoms in total. The van der Waals surface area contributed by atoms with Crippen molar-refractivity contribution in [3.8, 4) is 0 Å². The minimum atomic E-state index is -0.0429. The fourth-order valence-corrected chi connectivity index (χ4v) is 10.5. The van der Waals surface area contributed by atoms with E-state index >= 15 is 0 Å². The second-order valence-electron chi connectivity index (χ2n) is 13.8. The molecule has 180 valence electrons. The average Bonchev–Trinajstić information content (AvgIpc) is 3.01.